The molecule has 4 rings (SSSR count). The van der Waals surface area contributed by atoms with Crippen molar-refractivity contribution in [3.8, 4) is 0 Å². The van der Waals surface area contributed by atoms with Gasteiger partial charge in [0.1, 0.15) is 0 Å². The van der Waals surface area contributed by atoms with Crippen LogP contribution >= 0.6 is 0 Å². The topological polar surface area (TPSA) is 17.1 Å². The zero-order chi connectivity index (χ0) is 14.8. The van der Waals surface area contributed by atoms with Crippen molar-refractivity contribution in [1.82, 2.24) is 0 Å². The highest BCUT2D eigenvalue weighted by Crippen LogP contribution is 2.65. The molecule has 0 aromatic heterocycles. The Bertz CT molecular complexity index is 554. The summed E-state index contributed by atoms with van der Waals surface area (Å²) in [5.41, 5.74) is 3.94. The Kier molecular flexibility index (Phi) is 2.85. The fourth-order valence-electron chi connectivity index (χ4n) is 6.34. The molecule has 0 heterocycles. The number of hydrogen-bond acceptors (Lipinski definition) is 1. The maximum atomic E-state index is 11.8. The third-order valence-corrected chi connectivity index (χ3v) is 7.93. The van der Waals surface area contributed by atoms with Crippen LogP contribution in [-0.2, 0) is 4.79 Å². The fraction of sp³-hybridized carbons (Fsp3) is 0.750. The number of hydrogen-bond donors (Lipinski definition) is 0. The number of carbonyl (C=O) groups is 1. The molecular weight excluding hydrogens is 256 g/mol. The average Bonchev–Trinajstić information content (AvgIpc) is 2.76. The Labute approximate surface area is 128 Å². The summed E-state index contributed by atoms with van der Waals surface area (Å²) in [5.74, 6) is 2.95. The van der Waals surface area contributed by atoms with Crippen molar-refractivity contribution < 1.29 is 4.79 Å². The summed E-state index contributed by atoms with van der Waals surface area (Å²) >= 11 is 0. The van der Waals surface area contributed by atoms with Gasteiger partial charge in [0, 0.05) is 6.42 Å². The lowest BCUT2D eigenvalue weighted by molar-refractivity contribution is -0.117. The molecule has 1 nitrogen and oxygen atoms in total. The Morgan fingerprint density at radius 2 is 1.86 bits per heavy atom. The highest BCUT2D eigenvalue weighted by atomic mass is 16.1. The summed E-state index contributed by atoms with van der Waals surface area (Å²) in [6.07, 6.45) is 12.9. The van der Waals surface area contributed by atoms with E-state index >= 15 is 0 Å². The molecule has 1 heteroatoms. The highest BCUT2D eigenvalue weighted by Gasteiger charge is 2.56. The maximum Gasteiger partial charge on any atom is 0.155 e. The van der Waals surface area contributed by atoms with Gasteiger partial charge in [0.05, 0.1) is 0 Å². The first-order chi connectivity index (χ1) is 9.95. The molecule has 114 valence electrons. The van der Waals surface area contributed by atoms with E-state index < -0.39 is 0 Å². The largest absolute Gasteiger partial charge is 0.295 e. The molecule has 0 aliphatic heterocycles. The van der Waals surface area contributed by atoms with E-state index in [0.717, 1.165) is 30.6 Å². The fourth-order valence-corrected chi connectivity index (χ4v) is 6.34. The van der Waals surface area contributed by atoms with Gasteiger partial charge in [-0.3, -0.25) is 4.79 Å². The molecule has 5 atom stereocenters. The molecule has 0 bridgehead atoms. The van der Waals surface area contributed by atoms with Crippen LogP contribution in [0.15, 0.2) is 23.3 Å². The quantitative estimate of drug-likeness (QED) is 0.567. The van der Waals surface area contributed by atoms with Crippen molar-refractivity contribution in [3.63, 3.8) is 0 Å². The standard InChI is InChI=1S/C20H28O/c1-13-4-7-17-16-6-5-14-12-15(21)8-10-20(14,3)18(16)9-11-19(13,17)2/h4,12,16-18H,5-11H2,1-3H3/t16?,17-,18-,19-,20+/m1/s1. The third-order valence-electron chi connectivity index (χ3n) is 7.93. The lowest BCUT2D eigenvalue weighted by Crippen LogP contribution is -2.49. The first-order valence-electron chi connectivity index (χ1n) is 8.86. The van der Waals surface area contributed by atoms with Gasteiger partial charge in [0.25, 0.3) is 0 Å². The van der Waals surface area contributed by atoms with E-state index in [9.17, 15) is 4.79 Å². The minimum atomic E-state index is 0.328. The molecule has 2 fully saturated rings. The van der Waals surface area contributed by atoms with Crippen LogP contribution in [0.5, 0.6) is 0 Å². The van der Waals surface area contributed by atoms with Crippen LogP contribution in [0.3, 0.4) is 0 Å². The summed E-state index contributed by atoms with van der Waals surface area (Å²) < 4.78 is 0. The van der Waals surface area contributed by atoms with Crippen LogP contribution in [0.25, 0.3) is 0 Å². The van der Waals surface area contributed by atoms with E-state index in [1.165, 1.54) is 37.7 Å². The second-order valence-corrected chi connectivity index (χ2v) is 8.55. The van der Waals surface area contributed by atoms with Crippen LogP contribution < -0.4 is 0 Å². The number of fused-ring (bicyclic) bond motifs is 5. The van der Waals surface area contributed by atoms with Gasteiger partial charge in [0.2, 0.25) is 0 Å². The zero-order valence-corrected chi connectivity index (χ0v) is 13.7. The molecule has 0 aromatic rings. The summed E-state index contributed by atoms with van der Waals surface area (Å²) in [4.78, 5) is 11.8. The van der Waals surface area contributed by atoms with E-state index in [0.29, 0.717) is 16.6 Å². The Morgan fingerprint density at radius 1 is 1.05 bits per heavy atom. The molecule has 0 N–H and O–H groups in total. The lowest BCUT2D eigenvalue weighted by Gasteiger charge is -2.57. The minimum Gasteiger partial charge on any atom is -0.295 e. The van der Waals surface area contributed by atoms with Crippen molar-refractivity contribution in [2.75, 3.05) is 0 Å². The van der Waals surface area contributed by atoms with E-state index in [-0.39, 0.29) is 0 Å². The van der Waals surface area contributed by atoms with Gasteiger partial charge in [0.15, 0.2) is 5.78 Å². The van der Waals surface area contributed by atoms with Crippen LogP contribution in [0.1, 0.15) is 65.7 Å². The molecule has 21 heavy (non-hydrogen) atoms. The molecule has 0 aromatic carbocycles. The monoisotopic (exact) mass is 284 g/mol. The first kappa shape index (κ1) is 13.8. The van der Waals surface area contributed by atoms with Gasteiger partial charge in [-0.15, -0.1) is 0 Å². The lowest BCUT2D eigenvalue weighted by atomic mass is 9.47. The highest BCUT2D eigenvalue weighted by molar-refractivity contribution is 5.91. The molecule has 1 unspecified atom stereocenters. The third kappa shape index (κ3) is 1.72. The second kappa shape index (κ2) is 4.33. The van der Waals surface area contributed by atoms with Gasteiger partial charge in [-0.05, 0) is 80.1 Å². The molecule has 4 aliphatic rings. The number of carbonyl (C=O) groups excluding carboxylic acids is 1. The average molecular weight is 284 g/mol. The Hall–Kier alpha value is -0.850. The van der Waals surface area contributed by atoms with Crippen molar-refractivity contribution in [3.05, 3.63) is 23.3 Å². The van der Waals surface area contributed by atoms with E-state index in [2.05, 4.69) is 26.8 Å². The Balaban J connectivity index is 1.70. The summed E-state index contributed by atoms with van der Waals surface area (Å²) in [6, 6.07) is 0. The SMILES string of the molecule is CC1=CC[C@@H]2C3CCC4=CC(=O)CC[C@]4(C)[C@@H]3CC[C@]12C. The van der Waals surface area contributed by atoms with Gasteiger partial charge < -0.3 is 0 Å². The van der Waals surface area contributed by atoms with Crippen LogP contribution in [0.2, 0.25) is 0 Å². The van der Waals surface area contributed by atoms with Crippen LogP contribution in [0.4, 0.5) is 0 Å². The molecule has 0 saturated heterocycles. The van der Waals surface area contributed by atoms with Crippen LogP contribution in [-0.4, -0.2) is 5.78 Å². The van der Waals surface area contributed by atoms with E-state index in [1.54, 1.807) is 5.57 Å². The minimum absolute atomic E-state index is 0.328. The van der Waals surface area contributed by atoms with Gasteiger partial charge >= 0.3 is 0 Å². The van der Waals surface area contributed by atoms with Crippen molar-refractivity contribution in [1.29, 1.82) is 0 Å². The molecule has 4 aliphatic carbocycles. The van der Waals surface area contributed by atoms with Gasteiger partial charge in [-0.25, -0.2) is 0 Å². The smallest absolute Gasteiger partial charge is 0.155 e. The molecule has 0 spiro atoms. The van der Waals surface area contributed by atoms with Crippen molar-refractivity contribution in [2.24, 2.45) is 28.6 Å². The Morgan fingerprint density at radius 3 is 2.67 bits per heavy atom. The normalized spacial score (nSPS) is 48.9. The van der Waals surface area contributed by atoms with Gasteiger partial charge in [-0.1, -0.05) is 31.1 Å². The van der Waals surface area contributed by atoms with Gasteiger partial charge in [-0.2, -0.15) is 0 Å². The van der Waals surface area contributed by atoms with Crippen molar-refractivity contribution >= 4 is 5.78 Å². The van der Waals surface area contributed by atoms with E-state index in [1.807, 2.05) is 6.08 Å². The number of ketones is 1. The van der Waals surface area contributed by atoms with E-state index in [4.69, 9.17) is 0 Å². The van der Waals surface area contributed by atoms with Crippen LogP contribution in [0, 0.1) is 28.6 Å². The molecule has 2 saturated carbocycles. The number of rotatable bonds is 0. The molecule has 0 radical (unpaired) electrons. The predicted molar refractivity (Wildman–Crippen MR) is 85.9 cm³/mol. The summed E-state index contributed by atoms with van der Waals surface area (Å²) in [7, 11) is 0. The second-order valence-electron chi connectivity index (χ2n) is 8.55. The van der Waals surface area contributed by atoms with Crippen molar-refractivity contribution in [2.45, 2.75) is 65.7 Å². The summed E-state index contributed by atoms with van der Waals surface area (Å²) in [5, 5.41) is 0. The maximum absolute atomic E-state index is 11.8. The first-order valence-corrected chi connectivity index (χ1v) is 8.86. The summed E-state index contributed by atoms with van der Waals surface area (Å²) in [6.45, 7) is 7.35. The molecular formula is C20H28O. The predicted octanol–water partition coefficient (Wildman–Crippen LogP) is 5.07. The number of allylic oxidation sites excluding steroid dienone is 4. The zero-order valence-electron chi connectivity index (χ0n) is 13.7. The molecule has 0 amide bonds.